The van der Waals surface area contributed by atoms with Crippen LogP contribution < -0.4 is 5.73 Å². The zero-order valence-electron chi connectivity index (χ0n) is 11.7. The molecule has 18 heavy (non-hydrogen) atoms. The highest BCUT2D eigenvalue weighted by Crippen LogP contribution is 2.24. The van der Waals surface area contributed by atoms with Crippen LogP contribution in [-0.2, 0) is 0 Å². The molecule has 1 aliphatic heterocycles. The van der Waals surface area contributed by atoms with Crippen LogP contribution in [0.5, 0.6) is 0 Å². The summed E-state index contributed by atoms with van der Waals surface area (Å²) >= 11 is 0. The van der Waals surface area contributed by atoms with Crippen molar-refractivity contribution in [1.29, 1.82) is 0 Å². The minimum absolute atomic E-state index is 0.478. The first-order chi connectivity index (χ1) is 8.72. The van der Waals surface area contributed by atoms with E-state index >= 15 is 0 Å². The molecule has 100 valence electrons. The molecule has 2 N–H and O–H groups in total. The van der Waals surface area contributed by atoms with E-state index in [0.29, 0.717) is 5.92 Å². The smallest absolute Gasteiger partial charge is 0.00915 e. The lowest BCUT2D eigenvalue weighted by molar-refractivity contribution is 0.151. The Bertz CT molecular complexity index is 375. The molecule has 0 aromatic heterocycles. The summed E-state index contributed by atoms with van der Waals surface area (Å²) in [4.78, 5) is 2.62. The Morgan fingerprint density at radius 1 is 1.33 bits per heavy atom. The summed E-state index contributed by atoms with van der Waals surface area (Å²) in [7, 11) is 0. The van der Waals surface area contributed by atoms with Crippen LogP contribution in [0.1, 0.15) is 43.2 Å². The Hall–Kier alpha value is -0.860. The van der Waals surface area contributed by atoms with Gasteiger partial charge >= 0.3 is 0 Å². The quantitative estimate of drug-likeness (QED) is 0.885. The largest absolute Gasteiger partial charge is 0.330 e. The van der Waals surface area contributed by atoms with Crippen molar-refractivity contribution in [3.05, 3.63) is 35.4 Å². The van der Waals surface area contributed by atoms with Gasteiger partial charge in [0, 0.05) is 25.0 Å². The first kappa shape index (κ1) is 13.6. The van der Waals surface area contributed by atoms with E-state index in [2.05, 4.69) is 43.0 Å². The standard InChI is InChI=1S/C16H26N2/c1-13-7-3-4-9-16(13)15(11-17)12-18-10-6-5-8-14(18)2/h3-4,7,9,14-15H,5-6,8,10-12,17H2,1-2H3. The fourth-order valence-corrected chi connectivity index (χ4v) is 3.06. The topological polar surface area (TPSA) is 29.3 Å². The second-order valence-electron chi connectivity index (χ2n) is 5.63. The Morgan fingerprint density at radius 2 is 2.11 bits per heavy atom. The van der Waals surface area contributed by atoms with Crippen LogP contribution in [0, 0.1) is 6.92 Å². The number of nitrogens with zero attached hydrogens (tertiary/aromatic N) is 1. The van der Waals surface area contributed by atoms with Crippen molar-refractivity contribution >= 4 is 0 Å². The van der Waals surface area contributed by atoms with Gasteiger partial charge < -0.3 is 10.6 Å². The molecule has 1 heterocycles. The van der Waals surface area contributed by atoms with Crippen molar-refractivity contribution in [2.45, 2.75) is 45.1 Å². The van der Waals surface area contributed by atoms with Gasteiger partial charge in [0.25, 0.3) is 0 Å². The van der Waals surface area contributed by atoms with Gasteiger partial charge in [-0.15, -0.1) is 0 Å². The Kier molecular flexibility index (Phi) is 4.79. The minimum Gasteiger partial charge on any atom is -0.330 e. The number of aryl methyl sites for hydroxylation is 1. The molecule has 0 amide bonds. The van der Waals surface area contributed by atoms with Crippen molar-refractivity contribution in [3.63, 3.8) is 0 Å². The van der Waals surface area contributed by atoms with E-state index in [9.17, 15) is 0 Å². The number of hydrogen-bond acceptors (Lipinski definition) is 2. The van der Waals surface area contributed by atoms with Crippen LogP contribution >= 0.6 is 0 Å². The number of likely N-dealkylation sites (tertiary alicyclic amines) is 1. The fourth-order valence-electron chi connectivity index (χ4n) is 3.06. The molecule has 2 unspecified atom stereocenters. The molecule has 1 aromatic rings. The van der Waals surface area contributed by atoms with Crippen LogP contribution in [0.2, 0.25) is 0 Å². The van der Waals surface area contributed by atoms with Gasteiger partial charge in [0.15, 0.2) is 0 Å². The zero-order chi connectivity index (χ0) is 13.0. The summed E-state index contributed by atoms with van der Waals surface area (Å²) in [5.41, 5.74) is 8.81. The maximum Gasteiger partial charge on any atom is 0.00915 e. The van der Waals surface area contributed by atoms with Crippen LogP contribution in [-0.4, -0.2) is 30.6 Å². The monoisotopic (exact) mass is 246 g/mol. The number of benzene rings is 1. The molecule has 1 aromatic carbocycles. The van der Waals surface area contributed by atoms with E-state index in [1.165, 1.54) is 36.9 Å². The van der Waals surface area contributed by atoms with E-state index in [1.807, 2.05) is 0 Å². The molecule has 1 fully saturated rings. The average Bonchev–Trinajstić information content (AvgIpc) is 2.39. The summed E-state index contributed by atoms with van der Waals surface area (Å²) in [5.74, 6) is 0.478. The predicted octanol–water partition coefficient (Wildman–Crippen LogP) is 2.91. The van der Waals surface area contributed by atoms with Crippen LogP contribution in [0.4, 0.5) is 0 Å². The van der Waals surface area contributed by atoms with Gasteiger partial charge in [-0.1, -0.05) is 30.7 Å². The average molecular weight is 246 g/mol. The summed E-state index contributed by atoms with van der Waals surface area (Å²) in [6, 6.07) is 9.39. The lowest BCUT2D eigenvalue weighted by atomic mass is 9.92. The van der Waals surface area contributed by atoms with Crippen molar-refractivity contribution in [1.82, 2.24) is 4.90 Å². The van der Waals surface area contributed by atoms with Crippen LogP contribution in [0.25, 0.3) is 0 Å². The predicted molar refractivity (Wildman–Crippen MR) is 77.9 cm³/mol. The van der Waals surface area contributed by atoms with Crippen molar-refractivity contribution < 1.29 is 0 Å². The Labute approximate surface area is 111 Å². The number of nitrogens with two attached hydrogens (primary N) is 1. The minimum atomic E-state index is 0.478. The molecule has 2 heteroatoms. The first-order valence-electron chi connectivity index (χ1n) is 7.22. The lowest BCUT2D eigenvalue weighted by Gasteiger charge is -2.36. The molecule has 1 saturated heterocycles. The first-order valence-corrected chi connectivity index (χ1v) is 7.22. The summed E-state index contributed by atoms with van der Waals surface area (Å²) in [6.45, 7) is 7.64. The molecular formula is C16H26N2. The highest BCUT2D eigenvalue weighted by Gasteiger charge is 2.22. The molecule has 2 nitrogen and oxygen atoms in total. The van der Waals surface area contributed by atoms with E-state index in [1.54, 1.807) is 0 Å². The van der Waals surface area contributed by atoms with E-state index in [-0.39, 0.29) is 0 Å². The van der Waals surface area contributed by atoms with Gasteiger partial charge in [0.05, 0.1) is 0 Å². The molecule has 0 bridgehead atoms. The van der Waals surface area contributed by atoms with E-state index < -0.39 is 0 Å². The molecule has 2 atom stereocenters. The van der Waals surface area contributed by atoms with Crippen molar-refractivity contribution in [2.75, 3.05) is 19.6 Å². The van der Waals surface area contributed by atoms with Gasteiger partial charge in [-0.2, -0.15) is 0 Å². The highest BCUT2D eigenvalue weighted by molar-refractivity contribution is 5.29. The third-order valence-corrected chi connectivity index (χ3v) is 4.31. The van der Waals surface area contributed by atoms with Crippen LogP contribution in [0.3, 0.4) is 0 Å². The maximum atomic E-state index is 6.01. The van der Waals surface area contributed by atoms with Crippen molar-refractivity contribution in [3.8, 4) is 0 Å². The highest BCUT2D eigenvalue weighted by atomic mass is 15.2. The second-order valence-corrected chi connectivity index (χ2v) is 5.63. The van der Waals surface area contributed by atoms with Gasteiger partial charge in [-0.05, 0) is 44.4 Å². The normalized spacial score (nSPS) is 22.9. The third kappa shape index (κ3) is 3.12. The third-order valence-electron chi connectivity index (χ3n) is 4.31. The number of piperidine rings is 1. The molecule has 1 aliphatic rings. The van der Waals surface area contributed by atoms with E-state index in [0.717, 1.165) is 19.1 Å². The van der Waals surface area contributed by atoms with Gasteiger partial charge in [-0.25, -0.2) is 0 Å². The fraction of sp³-hybridized carbons (Fsp3) is 0.625. The van der Waals surface area contributed by atoms with Gasteiger partial charge in [0.2, 0.25) is 0 Å². The SMILES string of the molecule is Cc1ccccc1C(CN)CN1CCCCC1C. The number of rotatable bonds is 4. The molecular weight excluding hydrogens is 220 g/mol. The summed E-state index contributed by atoms with van der Waals surface area (Å²) < 4.78 is 0. The summed E-state index contributed by atoms with van der Waals surface area (Å²) in [6.07, 6.45) is 4.07. The zero-order valence-corrected chi connectivity index (χ0v) is 11.7. The molecule has 0 aliphatic carbocycles. The Morgan fingerprint density at radius 3 is 2.78 bits per heavy atom. The number of hydrogen-bond donors (Lipinski definition) is 1. The Balaban J connectivity index is 2.07. The molecule has 0 spiro atoms. The van der Waals surface area contributed by atoms with Gasteiger partial charge in [-0.3, -0.25) is 0 Å². The lowest BCUT2D eigenvalue weighted by Crippen LogP contribution is -2.41. The van der Waals surface area contributed by atoms with Crippen molar-refractivity contribution in [2.24, 2.45) is 5.73 Å². The van der Waals surface area contributed by atoms with E-state index in [4.69, 9.17) is 5.73 Å². The van der Waals surface area contributed by atoms with Gasteiger partial charge in [0.1, 0.15) is 0 Å². The maximum absolute atomic E-state index is 6.01. The second kappa shape index (κ2) is 6.35. The summed E-state index contributed by atoms with van der Waals surface area (Å²) in [5, 5.41) is 0. The molecule has 2 rings (SSSR count). The molecule has 0 radical (unpaired) electrons. The molecule has 0 saturated carbocycles. The van der Waals surface area contributed by atoms with Crippen LogP contribution in [0.15, 0.2) is 24.3 Å².